The minimum atomic E-state index is 0.274. The molecular weight excluding hydrogens is 214 g/mol. The molecule has 2 heterocycles. The molecule has 0 spiro atoms. The lowest BCUT2D eigenvalue weighted by atomic mass is 10.1. The van der Waals surface area contributed by atoms with Gasteiger partial charge >= 0.3 is 0 Å². The summed E-state index contributed by atoms with van der Waals surface area (Å²) >= 11 is 0. The molecule has 0 aliphatic carbocycles. The Kier molecular flexibility index (Phi) is 4.05. The monoisotopic (exact) mass is 239 g/mol. The number of carbonyl (C=O) groups is 1. The highest BCUT2D eigenvalue weighted by molar-refractivity contribution is 5.80. The van der Waals surface area contributed by atoms with Crippen LogP contribution in [0.25, 0.3) is 0 Å². The van der Waals surface area contributed by atoms with Crippen LogP contribution in [-0.4, -0.2) is 54.1 Å². The summed E-state index contributed by atoms with van der Waals surface area (Å²) < 4.78 is 0. The summed E-state index contributed by atoms with van der Waals surface area (Å²) in [6, 6.07) is 0.634. The molecule has 2 rings (SSSR count). The molecule has 2 unspecified atom stereocenters. The van der Waals surface area contributed by atoms with Crippen molar-refractivity contribution in [1.29, 1.82) is 0 Å². The highest BCUT2D eigenvalue weighted by atomic mass is 16.2. The van der Waals surface area contributed by atoms with Crippen molar-refractivity contribution in [2.75, 3.05) is 26.2 Å². The van der Waals surface area contributed by atoms with Gasteiger partial charge in [0.15, 0.2) is 0 Å². The first-order chi connectivity index (χ1) is 8.11. The third-order valence-electron chi connectivity index (χ3n) is 4.07. The van der Waals surface area contributed by atoms with Crippen LogP contribution in [0.15, 0.2) is 0 Å². The Morgan fingerprint density at radius 3 is 2.82 bits per heavy atom. The van der Waals surface area contributed by atoms with Crippen LogP contribution < -0.4 is 5.32 Å². The van der Waals surface area contributed by atoms with Gasteiger partial charge in [-0.25, -0.2) is 0 Å². The number of carbonyl (C=O) groups excluding carboxylic acids is 1. The van der Waals surface area contributed by atoms with Gasteiger partial charge in [0.1, 0.15) is 0 Å². The Balaban J connectivity index is 1.87. The van der Waals surface area contributed by atoms with Gasteiger partial charge in [-0.2, -0.15) is 0 Å². The molecule has 4 heteroatoms. The average molecular weight is 239 g/mol. The molecule has 0 saturated carbocycles. The van der Waals surface area contributed by atoms with Crippen molar-refractivity contribution in [1.82, 2.24) is 15.1 Å². The summed E-state index contributed by atoms with van der Waals surface area (Å²) in [5.74, 6) is 0.940. The highest BCUT2D eigenvalue weighted by Gasteiger charge is 2.33. The van der Waals surface area contributed by atoms with Crippen molar-refractivity contribution in [3.8, 4) is 0 Å². The Labute approximate surface area is 104 Å². The molecule has 0 aromatic heterocycles. The number of hydrogen-bond acceptors (Lipinski definition) is 3. The number of hydrogen-bond donors (Lipinski definition) is 1. The molecule has 2 fully saturated rings. The maximum absolute atomic E-state index is 11.8. The third kappa shape index (κ3) is 2.80. The lowest BCUT2D eigenvalue weighted by Gasteiger charge is -2.27. The predicted molar refractivity (Wildman–Crippen MR) is 68.6 cm³/mol. The highest BCUT2D eigenvalue weighted by Crippen LogP contribution is 2.21. The summed E-state index contributed by atoms with van der Waals surface area (Å²) in [5, 5.41) is 3.28. The zero-order valence-corrected chi connectivity index (χ0v) is 11.3. The summed E-state index contributed by atoms with van der Waals surface area (Å²) in [4.78, 5) is 16.4. The number of nitrogens with one attached hydrogen (secondary N) is 1. The fourth-order valence-electron chi connectivity index (χ4n) is 2.94. The van der Waals surface area contributed by atoms with Gasteiger partial charge in [-0.05, 0) is 39.2 Å². The van der Waals surface area contributed by atoms with Gasteiger partial charge < -0.3 is 9.80 Å². The third-order valence-corrected chi connectivity index (χ3v) is 4.07. The minimum Gasteiger partial charge on any atom is -0.326 e. The smallest absolute Gasteiger partial charge is 0.237 e. The van der Waals surface area contributed by atoms with Crippen molar-refractivity contribution < 1.29 is 4.79 Å². The second-order valence-corrected chi connectivity index (χ2v) is 5.59. The van der Waals surface area contributed by atoms with Crippen LogP contribution in [-0.2, 0) is 4.79 Å². The fraction of sp³-hybridized carbons (Fsp3) is 0.923. The number of amides is 1. The standard InChI is InChI=1S/C13H25N3O/c1-4-12-14-7-13(17)16(12)9-11-5-6-15(8-11)10(2)3/h10-12,14H,4-9H2,1-3H3. The van der Waals surface area contributed by atoms with Crippen molar-refractivity contribution in [3.05, 3.63) is 0 Å². The SMILES string of the molecule is CCC1NCC(=O)N1CC1CCN(C(C)C)C1. The number of rotatable bonds is 4. The maximum Gasteiger partial charge on any atom is 0.237 e. The van der Waals surface area contributed by atoms with E-state index in [1.807, 2.05) is 0 Å². The summed E-state index contributed by atoms with van der Waals surface area (Å²) in [7, 11) is 0. The number of likely N-dealkylation sites (tertiary alicyclic amines) is 1. The molecule has 0 aromatic rings. The van der Waals surface area contributed by atoms with Gasteiger partial charge in [0.25, 0.3) is 0 Å². The lowest BCUT2D eigenvalue weighted by molar-refractivity contribution is -0.128. The Hall–Kier alpha value is -0.610. The van der Waals surface area contributed by atoms with E-state index in [-0.39, 0.29) is 12.1 Å². The second-order valence-electron chi connectivity index (χ2n) is 5.59. The molecule has 17 heavy (non-hydrogen) atoms. The van der Waals surface area contributed by atoms with Gasteiger partial charge in [-0.15, -0.1) is 0 Å². The van der Waals surface area contributed by atoms with Crippen molar-refractivity contribution in [2.24, 2.45) is 5.92 Å². The van der Waals surface area contributed by atoms with E-state index in [0.29, 0.717) is 18.5 Å². The van der Waals surface area contributed by atoms with E-state index in [4.69, 9.17) is 0 Å². The van der Waals surface area contributed by atoms with E-state index in [1.165, 1.54) is 13.0 Å². The maximum atomic E-state index is 11.8. The minimum absolute atomic E-state index is 0.274. The van der Waals surface area contributed by atoms with Crippen molar-refractivity contribution in [2.45, 2.75) is 45.8 Å². The summed E-state index contributed by atoms with van der Waals surface area (Å²) in [5.41, 5.74) is 0. The van der Waals surface area contributed by atoms with E-state index in [0.717, 1.165) is 19.5 Å². The van der Waals surface area contributed by atoms with Gasteiger partial charge in [0.2, 0.25) is 5.91 Å². The molecule has 2 aliphatic heterocycles. The quantitative estimate of drug-likeness (QED) is 0.791. The second kappa shape index (κ2) is 5.36. The van der Waals surface area contributed by atoms with Crippen LogP contribution in [0.2, 0.25) is 0 Å². The molecule has 4 nitrogen and oxygen atoms in total. The Bertz CT molecular complexity index is 280. The van der Waals surface area contributed by atoms with Crippen LogP contribution in [0.3, 0.4) is 0 Å². The molecule has 2 atom stereocenters. The first kappa shape index (κ1) is 12.8. The van der Waals surface area contributed by atoms with Gasteiger partial charge in [0, 0.05) is 19.1 Å². The van der Waals surface area contributed by atoms with E-state index >= 15 is 0 Å². The summed E-state index contributed by atoms with van der Waals surface area (Å²) in [6.07, 6.45) is 2.51. The average Bonchev–Trinajstić information content (AvgIpc) is 2.88. The first-order valence-corrected chi connectivity index (χ1v) is 6.88. The lowest BCUT2D eigenvalue weighted by Crippen LogP contribution is -2.40. The molecule has 2 saturated heterocycles. The van der Waals surface area contributed by atoms with E-state index in [1.54, 1.807) is 0 Å². The molecule has 2 aliphatic rings. The Morgan fingerprint density at radius 2 is 2.24 bits per heavy atom. The topological polar surface area (TPSA) is 35.6 Å². The normalized spacial score (nSPS) is 30.8. The van der Waals surface area contributed by atoms with Crippen LogP contribution in [0.4, 0.5) is 0 Å². The van der Waals surface area contributed by atoms with Gasteiger partial charge in [-0.3, -0.25) is 10.1 Å². The molecule has 0 radical (unpaired) electrons. The van der Waals surface area contributed by atoms with Crippen LogP contribution >= 0.6 is 0 Å². The van der Waals surface area contributed by atoms with Crippen LogP contribution in [0, 0.1) is 5.92 Å². The predicted octanol–water partition coefficient (Wildman–Crippen LogP) is 0.885. The molecule has 0 aromatic carbocycles. The number of nitrogens with zero attached hydrogens (tertiary/aromatic N) is 2. The van der Waals surface area contributed by atoms with E-state index in [9.17, 15) is 4.79 Å². The molecule has 0 bridgehead atoms. The van der Waals surface area contributed by atoms with E-state index < -0.39 is 0 Å². The molecule has 1 N–H and O–H groups in total. The summed E-state index contributed by atoms with van der Waals surface area (Å²) in [6.45, 7) is 10.4. The zero-order valence-electron chi connectivity index (χ0n) is 11.3. The van der Waals surface area contributed by atoms with Crippen molar-refractivity contribution >= 4 is 5.91 Å². The Morgan fingerprint density at radius 1 is 1.47 bits per heavy atom. The molecule has 1 amide bonds. The van der Waals surface area contributed by atoms with Crippen LogP contribution in [0.1, 0.15) is 33.6 Å². The molecule has 98 valence electrons. The van der Waals surface area contributed by atoms with Gasteiger partial charge in [-0.1, -0.05) is 6.92 Å². The molecular formula is C13H25N3O. The largest absolute Gasteiger partial charge is 0.326 e. The van der Waals surface area contributed by atoms with Crippen LogP contribution in [0.5, 0.6) is 0 Å². The zero-order chi connectivity index (χ0) is 12.4. The first-order valence-electron chi connectivity index (χ1n) is 6.88. The van der Waals surface area contributed by atoms with Crippen molar-refractivity contribution in [3.63, 3.8) is 0 Å². The van der Waals surface area contributed by atoms with Gasteiger partial charge in [0.05, 0.1) is 12.7 Å². The fourth-order valence-corrected chi connectivity index (χ4v) is 2.94. The van der Waals surface area contributed by atoms with E-state index in [2.05, 4.69) is 35.9 Å².